The van der Waals surface area contributed by atoms with E-state index in [4.69, 9.17) is 14.2 Å². The summed E-state index contributed by atoms with van der Waals surface area (Å²) in [6, 6.07) is 20.2. The Morgan fingerprint density at radius 1 is 0.853 bits per heavy atom. The second kappa shape index (κ2) is 10.1. The second-order valence-electron chi connectivity index (χ2n) is 7.85. The molecular weight excluding hydrogens is 432 g/mol. The van der Waals surface area contributed by atoms with Crippen LogP contribution in [0.4, 0.5) is 5.69 Å². The minimum absolute atomic E-state index is 0.0430. The molecule has 1 saturated heterocycles. The van der Waals surface area contributed by atoms with Gasteiger partial charge in [-0.1, -0.05) is 42.0 Å². The number of carbonyl (C=O) groups excluding carboxylic acids is 2. The molecule has 2 amide bonds. The van der Waals surface area contributed by atoms with E-state index in [2.05, 4.69) is 11.5 Å². The number of carbonyl (C=O) groups is 2. The van der Waals surface area contributed by atoms with E-state index in [1.54, 1.807) is 42.5 Å². The van der Waals surface area contributed by atoms with E-state index >= 15 is 0 Å². The first kappa shape index (κ1) is 22.9. The number of rotatable bonds is 8. The van der Waals surface area contributed by atoms with E-state index in [1.165, 1.54) is 23.8 Å². The lowest BCUT2D eigenvalue weighted by atomic mass is 10.1. The standard InChI is InChI=1S/C27H26N2O5/c1-18-9-11-23(19(2)15-18)33-13-14-34-24-12-10-20(17-25(24)32-3)16-22-26(30)28-29(27(22)31)21-7-5-4-6-8-21/h4-12,15-17H,13-14H2,1-3H3,(H,28,30). The molecule has 3 aromatic carbocycles. The Bertz CT molecular complexity index is 1240. The molecule has 7 heteroatoms. The van der Waals surface area contributed by atoms with Gasteiger partial charge in [0.05, 0.1) is 12.8 Å². The first-order chi connectivity index (χ1) is 16.5. The molecule has 0 aliphatic carbocycles. The molecule has 0 aromatic heterocycles. The molecule has 0 unspecified atom stereocenters. The zero-order valence-electron chi connectivity index (χ0n) is 19.3. The van der Waals surface area contributed by atoms with Crippen molar-refractivity contribution >= 4 is 23.6 Å². The van der Waals surface area contributed by atoms with Crippen LogP contribution in [0.3, 0.4) is 0 Å². The second-order valence-corrected chi connectivity index (χ2v) is 7.85. The molecule has 7 nitrogen and oxygen atoms in total. The summed E-state index contributed by atoms with van der Waals surface area (Å²) in [6.45, 7) is 4.76. The van der Waals surface area contributed by atoms with Crippen LogP contribution < -0.4 is 24.6 Å². The van der Waals surface area contributed by atoms with Crippen molar-refractivity contribution in [3.63, 3.8) is 0 Å². The molecule has 174 valence electrons. The monoisotopic (exact) mass is 458 g/mol. The molecule has 3 aromatic rings. The summed E-state index contributed by atoms with van der Waals surface area (Å²) in [5, 5.41) is 1.23. The highest BCUT2D eigenvalue weighted by molar-refractivity contribution is 6.31. The molecule has 0 spiro atoms. The van der Waals surface area contributed by atoms with Crippen LogP contribution in [0.5, 0.6) is 17.2 Å². The number of amides is 2. The molecule has 34 heavy (non-hydrogen) atoms. The summed E-state index contributed by atoms with van der Waals surface area (Å²) < 4.78 is 17.1. The fourth-order valence-corrected chi connectivity index (χ4v) is 3.64. The summed E-state index contributed by atoms with van der Waals surface area (Å²) >= 11 is 0. The summed E-state index contributed by atoms with van der Waals surface area (Å²) in [5.74, 6) is 0.983. The molecule has 4 rings (SSSR count). The Morgan fingerprint density at radius 3 is 2.26 bits per heavy atom. The Balaban J connectivity index is 1.42. The van der Waals surface area contributed by atoms with E-state index in [-0.39, 0.29) is 5.57 Å². The lowest BCUT2D eigenvalue weighted by molar-refractivity contribution is -0.117. The van der Waals surface area contributed by atoms with Crippen molar-refractivity contribution in [2.24, 2.45) is 0 Å². The van der Waals surface area contributed by atoms with Crippen molar-refractivity contribution in [1.29, 1.82) is 0 Å². The third-order valence-corrected chi connectivity index (χ3v) is 5.33. The van der Waals surface area contributed by atoms with Gasteiger partial charge in [-0.2, -0.15) is 0 Å². The van der Waals surface area contributed by atoms with Gasteiger partial charge in [0.25, 0.3) is 11.8 Å². The van der Waals surface area contributed by atoms with Crippen LogP contribution in [0.15, 0.2) is 72.3 Å². The van der Waals surface area contributed by atoms with Gasteiger partial charge in [0.2, 0.25) is 0 Å². The number of hydrogen-bond donors (Lipinski definition) is 1. The van der Waals surface area contributed by atoms with Gasteiger partial charge in [0, 0.05) is 0 Å². The molecule has 1 N–H and O–H groups in total. The minimum atomic E-state index is -0.461. The Hall–Kier alpha value is -4.26. The Morgan fingerprint density at radius 2 is 1.56 bits per heavy atom. The number of nitrogens with zero attached hydrogens (tertiary/aromatic N) is 1. The highest BCUT2D eigenvalue weighted by atomic mass is 16.5. The quantitative estimate of drug-likeness (QED) is 0.311. The molecule has 0 radical (unpaired) electrons. The number of hydrogen-bond acceptors (Lipinski definition) is 5. The molecule has 0 saturated carbocycles. The van der Waals surface area contributed by atoms with Gasteiger partial charge in [-0.3, -0.25) is 15.0 Å². The van der Waals surface area contributed by atoms with Crippen molar-refractivity contribution in [3.05, 3.63) is 89.0 Å². The normalized spacial score (nSPS) is 14.3. The molecule has 0 atom stereocenters. The molecule has 0 bridgehead atoms. The predicted octanol–water partition coefficient (Wildman–Crippen LogP) is 4.23. The van der Waals surface area contributed by atoms with Crippen molar-refractivity contribution in [3.8, 4) is 17.2 Å². The fraction of sp³-hybridized carbons (Fsp3) is 0.185. The van der Waals surface area contributed by atoms with E-state index in [9.17, 15) is 9.59 Å². The maximum atomic E-state index is 12.8. The van der Waals surface area contributed by atoms with Gasteiger partial charge in [-0.15, -0.1) is 0 Å². The molecule has 1 heterocycles. The average Bonchev–Trinajstić information content (AvgIpc) is 3.12. The van der Waals surface area contributed by atoms with Crippen LogP contribution in [-0.2, 0) is 9.59 Å². The number of methoxy groups -OCH3 is 1. The largest absolute Gasteiger partial charge is 0.493 e. The minimum Gasteiger partial charge on any atom is -0.493 e. The van der Waals surface area contributed by atoms with E-state index < -0.39 is 11.8 Å². The van der Waals surface area contributed by atoms with Crippen molar-refractivity contribution in [2.75, 3.05) is 25.3 Å². The summed E-state index contributed by atoms with van der Waals surface area (Å²) in [5.41, 5.74) is 6.13. The van der Waals surface area contributed by atoms with E-state index in [1.807, 2.05) is 32.0 Å². The lowest BCUT2D eigenvalue weighted by Gasteiger charge is -2.14. The zero-order valence-corrected chi connectivity index (χ0v) is 19.3. The lowest BCUT2D eigenvalue weighted by Crippen LogP contribution is -2.35. The maximum Gasteiger partial charge on any atom is 0.282 e. The average molecular weight is 459 g/mol. The number of hydrazine groups is 1. The van der Waals surface area contributed by atoms with Gasteiger partial charge in [-0.05, 0) is 61.4 Å². The van der Waals surface area contributed by atoms with Crippen LogP contribution in [0.2, 0.25) is 0 Å². The number of benzene rings is 3. The molecule has 1 fully saturated rings. The Labute approximate surface area is 198 Å². The van der Waals surface area contributed by atoms with Gasteiger partial charge < -0.3 is 14.2 Å². The third-order valence-electron chi connectivity index (χ3n) is 5.33. The van der Waals surface area contributed by atoms with Gasteiger partial charge in [-0.25, -0.2) is 5.01 Å². The number of ether oxygens (including phenoxy) is 3. The van der Waals surface area contributed by atoms with Crippen molar-refractivity contribution in [1.82, 2.24) is 5.43 Å². The smallest absolute Gasteiger partial charge is 0.282 e. The number of nitrogens with one attached hydrogen (secondary N) is 1. The van der Waals surface area contributed by atoms with Crippen LogP contribution >= 0.6 is 0 Å². The van der Waals surface area contributed by atoms with Crippen molar-refractivity contribution in [2.45, 2.75) is 13.8 Å². The highest BCUT2D eigenvalue weighted by Gasteiger charge is 2.34. The van der Waals surface area contributed by atoms with Crippen LogP contribution in [-0.4, -0.2) is 32.1 Å². The molecule has 1 aliphatic rings. The number of aryl methyl sites for hydroxylation is 2. The van der Waals surface area contributed by atoms with Crippen LogP contribution in [0.25, 0.3) is 6.08 Å². The first-order valence-electron chi connectivity index (χ1n) is 10.9. The maximum absolute atomic E-state index is 12.8. The highest BCUT2D eigenvalue weighted by Crippen LogP contribution is 2.30. The first-order valence-corrected chi connectivity index (χ1v) is 10.9. The topological polar surface area (TPSA) is 77.1 Å². The predicted molar refractivity (Wildman–Crippen MR) is 130 cm³/mol. The molecular formula is C27H26N2O5. The number of anilines is 1. The van der Waals surface area contributed by atoms with Gasteiger partial charge >= 0.3 is 0 Å². The zero-order chi connectivity index (χ0) is 24.1. The SMILES string of the molecule is COc1cc(C=C2C(=O)NN(c3ccccc3)C2=O)ccc1OCCOc1ccc(C)cc1C. The van der Waals surface area contributed by atoms with Crippen LogP contribution in [0, 0.1) is 13.8 Å². The molecule has 1 aliphatic heterocycles. The summed E-state index contributed by atoms with van der Waals surface area (Å²) in [6.07, 6.45) is 1.54. The van der Waals surface area contributed by atoms with Crippen molar-refractivity contribution < 1.29 is 23.8 Å². The summed E-state index contributed by atoms with van der Waals surface area (Å²) in [4.78, 5) is 25.2. The van der Waals surface area contributed by atoms with Gasteiger partial charge in [0.15, 0.2) is 11.5 Å². The van der Waals surface area contributed by atoms with E-state index in [0.717, 1.165) is 11.3 Å². The van der Waals surface area contributed by atoms with E-state index in [0.29, 0.717) is 36.0 Å². The Kier molecular flexibility index (Phi) is 6.82. The fourth-order valence-electron chi connectivity index (χ4n) is 3.64. The number of para-hydroxylation sites is 1. The summed E-state index contributed by atoms with van der Waals surface area (Å²) in [7, 11) is 1.54. The van der Waals surface area contributed by atoms with Gasteiger partial charge in [0.1, 0.15) is 24.5 Å². The third kappa shape index (κ3) is 5.04. The van der Waals surface area contributed by atoms with Crippen LogP contribution in [0.1, 0.15) is 16.7 Å².